The Kier molecular flexibility index (Phi) is 10.7. The molecule has 0 aliphatic heterocycles. The zero-order chi connectivity index (χ0) is 25.9. The molecule has 8 heteroatoms. The van der Waals surface area contributed by atoms with E-state index in [9.17, 15) is 4.79 Å². The highest BCUT2D eigenvalue weighted by Crippen LogP contribution is 2.40. The maximum atomic E-state index is 13.7. The van der Waals surface area contributed by atoms with E-state index in [0.717, 1.165) is 40.2 Å². The summed E-state index contributed by atoms with van der Waals surface area (Å²) in [6.07, 6.45) is 7.65. The number of carbonyl (C=O) groups excluding carboxylic acids is 1. The van der Waals surface area contributed by atoms with Crippen molar-refractivity contribution in [3.63, 3.8) is 0 Å². The first-order valence-corrected chi connectivity index (χ1v) is 13.5. The number of anilines is 1. The van der Waals surface area contributed by atoms with Crippen molar-refractivity contribution in [2.75, 3.05) is 33.3 Å². The zero-order valence-corrected chi connectivity index (χ0v) is 22.8. The number of ether oxygens (including phenoxy) is 4. The lowest BCUT2D eigenvalue weighted by Gasteiger charge is -2.19. The average molecular weight is 515 g/mol. The fourth-order valence-electron chi connectivity index (χ4n) is 4.16. The second kappa shape index (κ2) is 13.9. The molecule has 7 nitrogen and oxygen atoms in total. The number of hydrogen-bond donors (Lipinski definition) is 1. The van der Waals surface area contributed by atoms with Gasteiger partial charge in [-0.25, -0.2) is 4.98 Å². The summed E-state index contributed by atoms with van der Waals surface area (Å²) in [6, 6.07) is 9.33. The van der Waals surface area contributed by atoms with E-state index in [2.05, 4.69) is 12.2 Å². The van der Waals surface area contributed by atoms with Crippen LogP contribution in [-0.4, -0.2) is 38.8 Å². The summed E-state index contributed by atoms with van der Waals surface area (Å²) in [7, 11) is 4.69. The molecule has 1 amide bonds. The van der Waals surface area contributed by atoms with Crippen LogP contribution in [0.25, 0.3) is 10.2 Å². The number of thiazole rings is 1. The second-order valence-corrected chi connectivity index (χ2v) is 9.68. The fourth-order valence-corrected chi connectivity index (χ4v) is 5.29. The molecule has 0 aliphatic carbocycles. The highest BCUT2D eigenvalue weighted by Gasteiger charge is 2.27. The summed E-state index contributed by atoms with van der Waals surface area (Å²) >= 11 is 1.55. The first-order chi connectivity index (χ1) is 17.5. The van der Waals surface area contributed by atoms with E-state index in [1.165, 1.54) is 25.7 Å². The molecule has 1 aromatic heterocycles. The monoisotopic (exact) mass is 514 g/mol. The number of methoxy groups -OCH3 is 3. The Morgan fingerprint density at radius 2 is 1.61 bits per heavy atom. The number of rotatable bonds is 15. The first-order valence-electron chi connectivity index (χ1n) is 12.7. The molecule has 1 atom stereocenters. The Morgan fingerprint density at radius 3 is 2.25 bits per heavy atom. The van der Waals surface area contributed by atoms with Gasteiger partial charge in [0.15, 0.2) is 0 Å². The average Bonchev–Trinajstić information content (AvgIpc) is 3.31. The Balaban J connectivity index is 1.88. The smallest absolute Gasteiger partial charge is 0.234 e. The third kappa shape index (κ3) is 7.03. The van der Waals surface area contributed by atoms with Gasteiger partial charge in [0.2, 0.25) is 5.91 Å². The molecule has 2 aromatic carbocycles. The van der Waals surface area contributed by atoms with Gasteiger partial charge in [0.1, 0.15) is 33.7 Å². The van der Waals surface area contributed by atoms with Crippen LogP contribution in [0.1, 0.15) is 69.7 Å². The lowest BCUT2D eigenvalue weighted by atomic mass is 9.99. The van der Waals surface area contributed by atoms with E-state index in [-0.39, 0.29) is 11.8 Å². The van der Waals surface area contributed by atoms with E-state index in [0.29, 0.717) is 29.5 Å². The van der Waals surface area contributed by atoms with Crippen LogP contribution in [0, 0.1) is 0 Å². The summed E-state index contributed by atoms with van der Waals surface area (Å²) in [5.41, 5.74) is 1.36. The summed E-state index contributed by atoms with van der Waals surface area (Å²) in [5.74, 6) is 1.83. The van der Waals surface area contributed by atoms with Crippen LogP contribution < -0.4 is 24.3 Å². The van der Waals surface area contributed by atoms with Crippen molar-refractivity contribution < 1.29 is 23.7 Å². The van der Waals surface area contributed by atoms with Crippen molar-refractivity contribution in [1.29, 1.82) is 0 Å². The van der Waals surface area contributed by atoms with E-state index in [4.69, 9.17) is 23.9 Å². The topological polar surface area (TPSA) is 78.9 Å². The van der Waals surface area contributed by atoms with E-state index < -0.39 is 0 Å². The number of benzene rings is 2. The molecule has 0 bridgehead atoms. The minimum atomic E-state index is -0.388. The predicted octanol–water partition coefficient (Wildman–Crippen LogP) is 7.19. The van der Waals surface area contributed by atoms with Crippen LogP contribution in [0.2, 0.25) is 0 Å². The van der Waals surface area contributed by atoms with Crippen molar-refractivity contribution in [3.05, 3.63) is 35.3 Å². The summed E-state index contributed by atoms with van der Waals surface area (Å²) < 4.78 is 23.1. The quantitative estimate of drug-likeness (QED) is 0.216. The first kappa shape index (κ1) is 27.6. The number of amides is 1. The van der Waals surface area contributed by atoms with Gasteiger partial charge < -0.3 is 24.3 Å². The SMILES string of the molecule is CCCCCCCCC(C(=O)Nc1c(OC)cc(OC)cc1OC)c1nc2ccc(OCC)cc2s1. The molecule has 1 heterocycles. The molecule has 1 unspecified atom stereocenters. The molecule has 36 heavy (non-hydrogen) atoms. The summed E-state index contributed by atoms with van der Waals surface area (Å²) in [6.45, 7) is 4.78. The maximum absolute atomic E-state index is 13.7. The zero-order valence-electron chi connectivity index (χ0n) is 22.0. The van der Waals surface area contributed by atoms with Crippen LogP contribution in [0.3, 0.4) is 0 Å². The van der Waals surface area contributed by atoms with Crippen LogP contribution >= 0.6 is 11.3 Å². The molecule has 3 rings (SSSR count). The molecule has 0 spiro atoms. The van der Waals surface area contributed by atoms with Crippen molar-refractivity contribution in [2.45, 2.75) is 64.7 Å². The molecule has 3 aromatic rings. The molecule has 0 fully saturated rings. The van der Waals surface area contributed by atoms with Gasteiger partial charge in [-0.05, 0) is 31.5 Å². The Morgan fingerprint density at radius 1 is 0.917 bits per heavy atom. The summed E-state index contributed by atoms with van der Waals surface area (Å²) in [4.78, 5) is 18.5. The van der Waals surface area contributed by atoms with Crippen LogP contribution in [0.15, 0.2) is 30.3 Å². The van der Waals surface area contributed by atoms with Crippen molar-refractivity contribution in [3.8, 4) is 23.0 Å². The third-order valence-corrected chi connectivity index (χ3v) is 7.24. The molecular weight excluding hydrogens is 476 g/mol. The van der Waals surface area contributed by atoms with Gasteiger partial charge in [-0.2, -0.15) is 0 Å². The van der Waals surface area contributed by atoms with E-state index in [1.54, 1.807) is 44.8 Å². The molecule has 0 aliphatic rings. The number of unbranched alkanes of at least 4 members (excludes halogenated alkanes) is 5. The summed E-state index contributed by atoms with van der Waals surface area (Å²) in [5, 5.41) is 3.87. The number of aromatic nitrogens is 1. The van der Waals surface area contributed by atoms with Crippen LogP contribution in [0.5, 0.6) is 23.0 Å². The maximum Gasteiger partial charge on any atom is 0.234 e. The Bertz CT molecular complexity index is 1110. The van der Waals surface area contributed by atoms with Gasteiger partial charge in [0.05, 0.1) is 44.1 Å². The van der Waals surface area contributed by atoms with Crippen molar-refractivity contribution >= 4 is 33.1 Å². The predicted molar refractivity (Wildman–Crippen MR) is 146 cm³/mol. The van der Waals surface area contributed by atoms with Crippen molar-refractivity contribution in [1.82, 2.24) is 4.98 Å². The second-order valence-electron chi connectivity index (χ2n) is 8.62. The minimum absolute atomic E-state index is 0.130. The third-order valence-electron chi connectivity index (χ3n) is 6.11. The highest BCUT2D eigenvalue weighted by atomic mass is 32.1. The normalized spacial score (nSPS) is 11.8. The standard InChI is InChI=1S/C28H38N2O5S/c1-6-8-9-10-11-12-13-21(28-29-22-15-14-19(35-7-2)18-25(22)36-28)27(31)30-26-23(33-4)16-20(32-3)17-24(26)34-5/h14-18,21H,6-13H2,1-5H3,(H,30,31). The van der Waals surface area contributed by atoms with Crippen molar-refractivity contribution in [2.24, 2.45) is 0 Å². The van der Waals surface area contributed by atoms with Gasteiger partial charge in [0.25, 0.3) is 0 Å². The molecule has 196 valence electrons. The van der Waals surface area contributed by atoms with Gasteiger partial charge >= 0.3 is 0 Å². The Labute approximate surface area is 218 Å². The number of nitrogens with one attached hydrogen (secondary N) is 1. The number of fused-ring (bicyclic) bond motifs is 1. The lowest BCUT2D eigenvalue weighted by Crippen LogP contribution is -2.22. The van der Waals surface area contributed by atoms with Crippen LogP contribution in [-0.2, 0) is 4.79 Å². The fraction of sp³-hybridized carbons (Fsp3) is 0.500. The van der Waals surface area contributed by atoms with Gasteiger partial charge in [-0.3, -0.25) is 4.79 Å². The lowest BCUT2D eigenvalue weighted by molar-refractivity contribution is -0.117. The van der Waals surface area contributed by atoms with E-state index in [1.807, 2.05) is 25.1 Å². The minimum Gasteiger partial charge on any atom is -0.496 e. The largest absolute Gasteiger partial charge is 0.496 e. The van der Waals surface area contributed by atoms with E-state index >= 15 is 0 Å². The highest BCUT2D eigenvalue weighted by molar-refractivity contribution is 7.18. The molecule has 0 saturated carbocycles. The number of nitrogens with zero attached hydrogens (tertiary/aromatic N) is 1. The van der Waals surface area contributed by atoms with Crippen LogP contribution in [0.4, 0.5) is 5.69 Å². The van der Waals surface area contributed by atoms with Gasteiger partial charge in [0, 0.05) is 12.1 Å². The molecule has 0 radical (unpaired) electrons. The van der Waals surface area contributed by atoms with Gasteiger partial charge in [-0.15, -0.1) is 11.3 Å². The molecule has 0 saturated heterocycles. The number of carbonyl (C=O) groups is 1. The van der Waals surface area contributed by atoms with Gasteiger partial charge in [-0.1, -0.05) is 45.4 Å². The Hall–Kier alpha value is -3.00. The molecular formula is C28H38N2O5S. The molecule has 1 N–H and O–H groups in total. The number of hydrogen-bond acceptors (Lipinski definition) is 7.